The van der Waals surface area contributed by atoms with Crippen LogP contribution in [0.1, 0.15) is 5.89 Å². The Labute approximate surface area is 117 Å². The predicted octanol–water partition coefficient (Wildman–Crippen LogP) is 4.23. The molecule has 0 saturated carbocycles. The lowest BCUT2D eigenvalue weighted by Crippen LogP contribution is -1.83. The van der Waals surface area contributed by atoms with E-state index in [4.69, 9.17) is 4.52 Å². The minimum atomic E-state index is -0.231. The van der Waals surface area contributed by atoms with Crippen LogP contribution in [0.15, 0.2) is 51.2 Å². The molecule has 2 aromatic heterocycles. The predicted molar refractivity (Wildman–Crippen MR) is 73.6 cm³/mol. The molecule has 96 valence electrons. The van der Waals surface area contributed by atoms with Crippen LogP contribution in [0.2, 0.25) is 0 Å². The summed E-state index contributed by atoms with van der Waals surface area (Å²) in [5.74, 6) is 1.31. The van der Waals surface area contributed by atoms with E-state index in [-0.39, 0.29) is 5.82 Å². The van der Waals surface area contributed by atoms with Gasteiger partial charge in [0.05, 0.1) is 10.6 Å². The lowest BCUT2D eigenvalue weighted by molar-refractivity contribution is 0.392. The third-order valence-corrected chi connectivity index (χ3v) is 4.30. The maximum Gasteiger partial charge on any atom is 0.237 e. The van der Waals surface area contributed by atoms with Crippen molar-refractivity contribution in [2.24, 2.45) is 0 Å². The minimum Gasteiger partial charge on any atom is -0.338 e. The van der Waals surface area contributed by atoms with Gasteiger partial charge in [-0.2, -0.15) is 4.98 Å². The van der Waals surface area contributed by atoms with Crippen molar-refractivity contribution in [1.82, 2.24) is 10.1 Å². The maximum atomic E-state index is 13.4. The number of hydrogen-bond donors (Lipinski definition) is 0. The Morgan fingerprint density at radius 3 is 2.89 bits per heavy atom. The van der Waals surface area contributed by atoms with Crippen molar-refractivity contribution in [2.45, 2.75) is 10.6 Å². The SMILES string of the molecule is Fc1ccccc1SCc1nc(-c2cccs2)no1. The number of rotatable bonds is 4. The van der Waals surface area contributed by atoms with Gasteiger partial charge in [0.15, 0.2) is 0 Å². The Bertz CT molecular complexity index is 667. The first-order valence-corrected chi connectivity index (χ1v) is 7.43. The number of halogens is 1. The van der Waals surface area contributed by atoms with E-state index in [1.165, 1.54) is 17.8 Å². The van der Waals surface area contributed by atoms with E-state index in [2.05, 4.69) is 10.1 Å². The largest absolute Gasteiger partial charge is 0.338 e. The first-order chi connectivity index (χ1) is 9.33. The molecule has 0 bridgehead atoms. The van der Waals surface area contributed by atoms with Crippen molar-refractivity contribution < 1.29 is 8.91 Å². The van der Waals surface area contributed by atoms with E-state index >= 15 is 0 Å². The quantitative estimate of drug-likeness (QED) is 0.675. The van der Waals surface area contributed by atoms with Crippen molar-refractivity contribution in [2.75, 3.05) is 0 Å². The Morgan fingerprint density at radius 2 is 2.11 bits per heavy atom. The van der Waals surface area contributed by atoms with E-state index in [0.29, 0.717) is 22.4 Å². The van der Waals surface area contributed by atoms with Gasteiger partial charge in [0, 0.05) is 4.90 Å². The fourth-order valence-corrected chi connectivity index (χ4v) is 2.95. The van der Waals surface area contributed by atoms with Crippen LogP contribution in [0.3, 0.4) is 0 Å². The monoisotopic (exact) mass is 292 g/mol. The highest BCUT2D eigenvalue weighted by molar-refractivity contribution is 7.98. The Kier molecular flexibility index (Phi) is 3.61. The zero-order valence-corrected chi connectivity index (χ0v) is 11.4. The van der Waals surface area contributed by atoms with Crippen molar-refractivity contribution in [3.63, 3.8) is 0 Å². The van der Waals surface area contributed by atoms with Crippen molar-refractivity contribution >= 4 is 23.1 Å². The number of thiophene rings is 1. The third-order valence-electron chi connectivity index (χ3n) is 2.40. The molecule has 3 nitrogen and oxygen atoms in total. The van der Waals surface area contributed by atoms with Crippen LogP contribution < -0.4 is 0 Å². The fraction of sp³-hybridized carbons (Fsp3) is 0.0769. The summed E-state index contributed by atoms with van der Waals surface area (Å²) < 4.78 is 18.6. The normalized spacial score (nSPS) is 10.8. The molecule has 0 N–H and O–H groups in total. The van der Waals surface area contributed by atoms with Gasteiger partial charge in [-0.05, 0) is 23.6 Å². The molecule has 0 aliphatic rings. The molecule has 2 heterocycles. The van der Waals surface area contributed by atoms with Crippen molar-refractivity contribution in [3.8, 4) is 10.7 Å². The van der Waals surface area contributed by atoms with Gasteiger partial charge >= 0.3 is 0 Å². The molecule has 1 aromatic carbocycles. The number of thioether (sulfide) groups is 1. The summed E-state index contributed by atoms with van der Waals surface area (Å²) in [4.78, 5) is 5.83. The molecular formula is C13H9FN2OS2. The van der Waals surface area contributed by atoms with E-state index < -0.39 is 0 Å². The van der Waals surface area contributed by atoms with Gasteiger partial charge in [0.25, 0.3) is 0 Å². The van der Waals surface area contributed by atoms with Crippen LogP contribution in [0.25, 0.3) is 10.7 Å². The lowest BCUT2D eigenvalue weighted by Gasteiger charge is -1.98. The van der Waals surface area contributed by atoms with E-state index in [1.54, 1.807) is 29.5 Å². The number of aromatic nitrogens is 2. The molecule has 0 fully saturated rings. The Morgan fingerprint density at radius 1 is 1.21 bits per heavy atom. The van der Waals surface area contributed by atoms with Crippen molar-refractivity contribution in [1.29, 1.82) is 0 Å². The lowest BCUT2D eigenvalue weighted by atomic mass is 10.3. The molecule has 3 rings (SSSR count). The molecule has 0 aliphatic carbocycles. The zero-order chi connectivity index (χ0) is 13.1. The first kappa shape index (κ1) is 12.4. The molecule has 0 atom stereocenters. The first-order valence-electron chi connectivity index (χ1n) is 5.57. The Hall–Kier alpha value is -1.66. The summed E-state index contributed by atoms with van der Waals surface area (Å²) >= 11 is 2.90. The highest BCUT2D eigenvalue weighted by atomic mass is 32.2. The highest BCUT2D eigenvalue weighted by Gasteiger charge is 2.10. The molecule has 6 heteroatoms. The van der Waals surface area contributed by atoms with E-state index in [1.807, 2.05) is 17.5 Å². The molecule has 0 unspecified atom stereocenters. The van der Waals surface area contributed by atoms with Crippen LogP contribution in [0.5, 0.6) is 0 Å². The summed E-state index contributed by atoms with van der Waals surface area (Å²) in [5.41, 5.74) is 0. The standard InChI is InChI=1S/C13H9FN2OS2/c14-9-4-1-2-5-10(9)19-8-12-15-13(16-17-12)11-6-3-7-18-11/h1-7H,8H2. The third kappa shape index (κ3) is 2.85. The van der Waals surface area contributed by atoms with Gasteiger partial charge in [0.1, 0.15) is 5.82 Å². The van der Waals surface area contributed by atoms with Gasteiger partial charge in [-0.3, -0.25) is 0 Å². The summed E-state index contributed by atoms with van der Waals surface area (Å²) in [7, 11) is 0. The van der Waals surface area contributed by atoms with Gasteiger partial charge in [-0.25, -0.2) is 4.39 Å². The van der Waals surface area contributed by atoms with Gasteiger partial charge in [0.2, 0.25) is 11.7 Å². The van der Waals surface area contributed by atoms with E-state index in [9.17, 15) is 4.39 Å². The van der Waals surface area contributed by atoms with Crippen LogP contribution in [0.4, 0.5) is 4.39 Å². The van der Waals surface area contributed by atoms with Crippen LogP contribution in [-0.2, 0) is 5.75 Å². The average molecular weight is 292 g/mol. The van der Waals surface area contributed by atoms with Crippen LogP contribution >= 0.6 is 23.1 Å². The fourth-order valence-electron chi connectivity index (χ4n) is 1.52. The smallest absolute Gasteiger partial charge is 0.237 e. The van der Waals surface area contributed by atoms with Crippen molar-refractivity contribution in [3.05, 3.63) is 53.5 Å². The second kappa shape index (κ2) is 5.54. The van der Waals surface area contributed by atoms with Gasteiger partial charge < -0.3 is 4.52 Å². The molecule has 0 radical (unpaired) electrons. The van der Waals surface area contributed by atoms with Crippen LogP contribution in [-0.4, -0.2) is 10.1 Å². The molecular weight excluding hydrogens is 283 g/mol. The topological polar surface area (TPSA) is 38.9 Å². The Balaban J connectivity index is 1.70. The summed E-state index contributed by atoms with van der Waals surface area (Å²) in [5, 5.41) is 5.87. The summed E-state index contributed by atoms with van der Waals surface area (Å²) in [6, 6.07) is 10.5. The molecule has 0 amide bonds. The second-order valence-electron chi connectivity index (χ2n) is 3.71. The van der Waals surface area contributed by atoms with E-state index in [0.717, 1.165) is 4.88 Å². The highest BCUT2D eigenvalue weighted by Crippen LogP contribution is 2.26. The average Bonchev–Trinajstić information content (AvgIpc) is 3.09. The summed E-state index contributed by atoms with van der Waals surface area (Å²) in [6.07, 6.45) is 0. The molecule has 0 aliphatic heterocycles. The minimum absolute atomic E-state index is 0.231. The second-order valence-corrected chi connectivity index (χ2v) is 5.67. The number of nitrogens with zero attached hydrogens (tertiary/aromatic N) is 2. The van der Waals surface area contributed by atoms with Gasteiger partial charge in [-0.15, -0.1) is 23.1 Å². The number of benzene rings is 1. The maximum absolute atomic E-state index is 13.4. The molecule has 19 heavy (non-hydrogen) atoms. The zero-order valence-electron chi connectivity index (χ0n) is 9.75. The van der Waals surface area contributed by atoms with Crippen LogP contribution in [0, 0.1) is 5.82 Å². The summed E-state index contributed by atoms with van der Waals surface area (Å²) in [6.45, 7) is 0. The molecule has 3 aromatic rings. The molecule has 0 saturated heterocycles. The molecule has 0 spiro atoms. The van der Waals surface area contributed by atoms with Gasteiger partial charge in [-0.1, -0.05) is 23.4 Å². The number of hydrogen-bond acceptors (Lipinski definition) is 5.